The van der Waals surface area contributed by atoms with Gasteiger partial charge in [-0.3, -0.25) is 14.7 Å². The molecule has 1 aromatic heterocycles. The van der Waals surface area contributed by atoms with E-state index >= 15 is 0 Å². The first kappa shape index (κ1) is 14.0. The van der Waals surface area contributed by atoms with Gasteiger partial charge in [-0.05, 0) is 24.1 Å². The Morgan fingerprint density at radius 3 is 2.53 bits per heavy atom. The lowest BCUT2D eigenvalue weighted by Crippen LogP contribution is -2.49. The van der Waals surface area contributed by atoms with Crippen molar-refractivity contribution in [3.63, 3.8) is 0 Å². The number of pyridine rings is 1. The standard InChI is InChI=1S/C14H21N3O2/c18-12-11-16-7-9-17(10-8-16)14(19)2-1-13-3-5-15-6-4-13/h3-6,18H,1-2,7-12H2. The summed E-state index contributed by atoms with van der Waals surface area (Å²) in [6.07, 6.45) is 4.85. The van der Waals surface area contributed by atoms with Crippen LogP contribution in [0.2, 0.25) is 0 Å². The summed E-state index contributed by atoms with van der Waals surface area (Å²) >= 11 is 0. The number of piperazine rings is 1. The lowest BCUT2D eigenvalue weighted by molar-refractivity contribution is -0.132. The molecule has 5 nitrogen and oxygen atoms in total. The number of carbonyl (C=O) groups is 1. The van der Waals surface area contributed by atoms with Crippen LogP contribution in [-0.2, 0) is 11.2 Å². The molecule has 0 bridgehead atoms. The molecule has 2 heterocycles. The first-order valence-corrected chi connectivity index (χ1v) is 6.79. The molecule has 0 radical (unpaired) electrons. The molecule has 0 aromatic carbocycles. The van der Waals surface area contributed by atoms with Crippen LogP contribution in [0.3, 0.4) is 0 Å². The number of carbonyl (C=O) groups excluding carboxylic acids is 1. The maximum atomic E-state index is 12.1. The third-order valence-electron chi connectivity index (χ3n) is 3.52. The highest BCUT2D eigenvalue weighted by molar-refractivity contribution is 5.76. The van der Waals surface area contributed by atoms with Crippen LogP contribution in [0.4, 0.5) is 0 Å². The zero-order valence-electron chi connectivity index (χ0n) is 11.2. The van der Waals surface area contributed by atoms with E-state index in [4.69, 9.17) is 5.11 Å². The van der Waals surface area contributed by atoms with Gasteiger partial charge in [0.25, 0.3) is 0 Å². The number of amides is 1. The molecule has 1 aliphatic rings. The van der Waals surface area contributed by atoms with Crippen molar-refractivity contribution in [3.05, 3.63) is 30.1 Å². The molecule has 1 aliphatic heterocycles. The smallest absolute Gasteiger partial charge is 0.222 e. The van der Waals surface area contributed by atoms with Gasteiger partial charge in [-0.2, -0.15) is 0 Å². The molecule has 1 saturated heterocycles. The minimum absolute atomic E-state index is 0.190. The topological polar surface area (TPSA) is 56.7 Å². The van der Waals surface area contributed by atoms with Gasteiger partial charge in [0.2, 0.25) is 5.91 Å². The number of aryl methyl sites for hydroxylation is 1. The van der Waals surface area contributed by atoms with E-state index in [0.29, 0.717) is 13.0 Å². The van der Waals surface area contributed by atoms with Crippen molar-refractivity contribution < 1.29 is 9.90 Å². The summed E-state index contributed by atoms with van der Waals surface area (Å²) in [7, 11) is 0. The van der Waals surface area contributed by atoms with Gasteiger partial charge in [0, 0.05) is 51.5 Å². The van der Waals surface area contributed by atoms with Crippen LogP contribution < -0.4 is 0 Å². The van der Waals surface area contributed by atoms with Gasteiger partial charge in [-0.25, -0.2) is 0 Å². The third-order valence-corrected chi connectivity index (χ3v) is 3.52. The van der Waals surface area contributed by atoms with E-state index < -0.39 is 0 Å². The minimum Gasteiger partial charge on any atom is -0.395 e. The zero-order chi connectivity index (χ0) is 13.5. The molecule has 1 N–H and O–H groups in total. The van der Waals surface area contributed by atoms with Crippen molar-refractivity contribution in [1.82, 2.24) is 14.8 Å². The molecule has 1 aromatic rings. The van der Waals surface area contributed by atoms with E-state index in [1.165, 1.54) is 0 Å². The van der Waals surface area contributed by atoms with Crippen LogP contribution in [-0.4, -0.2) is 65.1 Å². The van der Waals surface area contributed by atoms with Crippen molar-refractivity contribution in [1.29, 1.82) is 0 Å². The zero-order valence-corrected chi connectivity index (χ0v) is 11.2. The summed E-state index contributed by atoms with van der Waals surface area (Å²) in [4.78, 5) is 20.2. The fourth-order valence-electron chi connectivity index (χ4n) is 2.32. The van der Waals surface area contributed by atoms with Crippen molar-refractivity contribution in [2.24, 2.45) is 0 Å². The predicted molar refractivity (Wildman–Crippen MR) is 72.7 cm³/mol. The number of hydrogen-bond donors (Lipinski definition) is 1. The number of nitrogens with zero attached hydrogens (tertiary/aromatic N) is 3. The molecule has 1 fully saturated rings. The van der Waals surface area contributed by atoms with Gasteiger partial charge in [-0.15, -0.1) is 0 Å². The summed E-state index contributed by atoms with van der Waals surface area (Å²) in [5.41, 5.74) is 1.15. The summed E-state index contributed by atoms with van der Waals surface area (Å²) in [6, 6.07) is 3.90. The largest absolute Gasteiger partial charge is 0.395 e. The van der Waals surface area contributed by atoms with Crippen molar-refractivity contribution >= 4 is 5.91 Å². The van der Waals surface area contributed by atoms with E-state index in [1.807, 2.05) is 17.0 Å². The van der Waals surface area contributed by atoms with Crippen LogP contribution in [0.25, 0.3) is 0 Å². The average molecular weight is 263 g/mol. The molecular weight excluding hydrogens is 242 g/mol. The molecule has 19 heavy (non-hydrogen) atoms. The minimum atomic E-state index is 0.190. The fraction of sp³-hybridized carbons (Fsp3) is 0.571. The van der Waals surface area contributed by atoms with Gasteiger partial charge in [-0.1, -0.05) is 0 Å². The summed E-state index contributed by atoms with van der Waals surface area (Å²) < 4.78 is 0. The Kier molecular flexibility index (Phi) is 5.30. The number of aliphatic hydroxyl groups is 1. The summed E-state index contributed by atoms with van der Waals surface area (Å²) in [5, 5.41) is 8.88. The number of β-amino-alcohol motifs (C(OH)–C–C–N with tert-alkyl or cyclic N) is 1. The highest BCUT2D eigenvalue weighted by Gasteiger charge is 2.20. The van der Waals surface area contributed by atoms with E-state index in [0.717, 1.165) is 38.2 Å². The highest BCUT2D eigenvalue weighted by atomic mass is 16.3. The lowest BCUT2D eigenvalue weighted by atomic mass is 10.1. The molecule has 2 rings (SSSR count). The molecule has 0 saturated carbocycles. The summed E-state index contributed by atoms with van der Waals surface area (Å²) in [6.45, 7) is 4.17. The molecule has 0 atom stereocenters. The quantitative estimate of drug-likeness (QED) is 0.821. The molecule has 1 amide bonds. The normalized spacial score (nSPS) is 16.6. The predicted octanol–water partition coefficient (Wildman–Crippen LogP) is 0.151. The van der Waals surface area contributed by atoms with Crippen LogP contribution >= 0.6 is 0 Å². The average Bonchev–Trinajstić information content (AvgIpc) is 2.47. The Morgan fingerprint density at radius 1 is 1.21 bits per heavy atom. The number of rotatable bonds is 5. The Hall–Kier alpha value is -1.46. The monoisotopic (exact) mass is 263 g/mol. The Labute approximate surface area is 113 Å². The van der Waals surface area contributed by atoms with Gasteiger partial charge < -0.3 is 10.0 Å². The van der Waals surface area contributed by atoms with Gasteiger partial charge in [0.05, 0.1) is 6.61 Å². The van der Waals surface area contributed by atoms with Crippen LogP contribution in [0.1, 0.15) is 12.0 Å². The van der Waals surface area contributed by atoms with Gasteiger partial charge in [0.15, 0.2) is 0 Å². The second kappa shape index (κ2) is 7.21. The molecular formula is C14H21N3O2. The Bertz CT molecular complexity index is 389. The third kappa shape index (κ3) is 4.29. The van der Waals surface area contributed by atoms with Crippen molar-refractivity contribution in [2.45, 2.75) is 12.8 Å². The molecule has 0 spiro atoms. The number of hydrogen-bond acceptors (Lipinski definition) is 4. The number of aliphatic hydroxyl groups excluding tert-OH is 1. The molecule has 0 aliphatic carbocycles. The van der Waals surface area contributed by atoms with E-state index in [2.05, 4.69) is 9.88 Å². The van der Waals surface area contributed by atoms with Crippen LogP contribution in [0.5, 0.6) is 0 Å². The second-order valence-corrected chi connectivity index (χ2v) is 4.80. The van der Waals surface area contributed by atoms with Gasteiger partial charge in [0.1, 0.15) is 0 Å². The molecule has 5 heteroatoms. The van der Waals surface area contributed by atoms with E-state index in [-0.39, 0.29) is 12.5 Å². The number of aromatic nitrogens is 1. The van der Waals surface area contributed by atoms with Crippen molar-refractivity contribution in [3.8, 4) is 0 Å². The Balaban J connectivity index is 1.73. The van der Waals surface area contributed by atoms with E-state index in [9.17, 15) is 4.79 Å². The maximum absolute atomic E-state index is 12.1. The van der Waals surface area contributed by atoms with Crippen molar-refractivity contribution in [2.75, 3.05) is 39.3 Å². The van der Waals surface area contributed by atoms with Crippen LogP contribution in [0, 0.1) is 0 Å². The second-order valence-electron chi connectivity index (χ2n) is 4.80. The van der Waals surface area contributed by atoms with E-state index in [1.54, 1.807) is 12.4 Å². The SMILES string of the molecule is O=C(CCc1ccncc1)N1CCN(CCO)CC1. The summed E-state index contributed by atoms with van der Waals surface area (Å²) in [5.74, 6) is 0.223. The maximum Gasteiger partial charge on any atom is 0.222 e. The Morgan fingerprint density at radius 2 is 1.89 bits per heavy atom. The highest BCUT2D eigenvalue weighted by Crippen LogP contribution is 2.07. The molecule has 104 valence electrons. The molecule has 0 unspecified atom stereocenters. The fourth-order valence-corrected chi connectivity index (χ4v) is 2.32. The lowest BCUT2D eigenvalue weighted by Gasteiger charge is -2.34. The first-order valence-electron chi connectivity index (χ1n) is 6.79. The van der Waals surface area contributed by atoms with Crippen LogP contribution in [0.15, 0.2) is 24.5 Å². The first-order chi connectivity index (χ1) is 9.29. The van der Waals surface area contributed by atoms with Gasteiger partial charge >= 0.3 is 0 Å².